The maximum absolute atomic E-state index is 14.0. The van der Waals surface area contributed by atoms with Gasteiger partial charge in [-0.2, -0.15) is 13.2 Å². The Morgan fingerprint density at radius 3 is 2.57 bits per heavy atom. The average molecular weight is 508 g/mol. The number of aromatic carboxylic acids is 1. The summed E-state index contributed by atoms with van der Waals surface area (Å²) in [5, 5.41) is 12.5. The molecule has 1 aliphatic heterocycles. The summed E-state index contributed by atoms with van der Waals surface area (Å²) in [4.78, 5) is 34.6. The molecule has 184 valence electrons. The molecule has 2 aliphatic rings. The number of piperidine rings is 1. The predicted molar refractivity (Wildman–Crippen MR) is 123 cm³/mol. The van der Waals surface area contributed by atoms with Gasteiger partial charge in [-0.3, -0.25) is 9.20 Å². The molecule has 3 aromatic rings. The lowest BCUT2D eigenvalue weighted by Crippen LogP contribution is -2.34. The third-order valence-corrected chi connectivity index (χ3v) is 6.75. The lowest BCUT2D eigenvalue weighted by Gasteiger charge is -2.25. The molecule has 1 saturated heterocycles. The first-order valence-electron chi connectivity index (χ1n) is 11.0. The van der Waals surface area contributed by atoms with Crippen LogP contribution in [0.4, 0.5) is 24.7 Å². The molecule has 3 atom stereocenters. The summed E-state index contributed by atoms with van der Waals surface area (Å²) in [6.07, 6.45) is -2.56. The van der Waals surface area contributed by atoms with Crippen molar-refractivity contribution in [2.45, 2.75) is 32.5 Å². The topological polar surface area (TPSA) is 99.8 Å². The van der Waals surface area contributed by atoms with Crippen molar-refractivity contribution in [3.63, 3.8) is 0 Å². The number of fused-ring (bicyclic) bond motifs is 2. The maximum atomic E-state index is 14.0. The number of pyridine rings is 2. The molecule has 0 bridgehead atoms. The van der Waals surface area contributed by atoms with Crippen LogP contribution >= 0.6 is 11.6 Å². The molecule has 2 N–H and O–H groups in total. The second-order valence-electron chi connectivity index (χ2n) is 9.14. The molecule has 3 aromatic heterocycles. The molecule has 8 nitrogen and oxygen atoms in total. The highest BCUT2D eigenvalue weighted by atomic mass is 35.5. The molecule has 1 aliphatic carbocycles. The number of rotatable bonds is 5. The lowest BCUT2D eigenvalue weighted by molar-refractivity contribution is -0.138. The summed E-state index contributed by atoms with van der Waals surface area (Å²) >= 11 is 5.83. The van der Waals surface area contributed by atoms with E-state index >= 15 is 0 Å². The Morgan fingerprint density at radius 1 is 1.26 bits per heavy atom. The van der Waals surface area contributed by atoms with Crippen molar-refractivity contribution in [2.24, 2.45) is 11.8 Å². The van der Waals surface area contributed by atoms with Crippen LogP contribution in [0.5, 0.6) is 0 Å². The van der Waals surface area contributed by atoms with Gasteiger partial charge < -0.3 is 15.3 Å². The van der Waals surface area contributed by atoms with E-state index in [-0.39, 0.29) is 28.0 Å². The van der Waals surface area contributed by atoms with Gasteiger partial charge in [-0.25, -0.2) is 14.8 Å². The Morgan fingerprint density at radius 2 is 1.94 bits per heavy atom. The van der Waals surface area contributed by atoms with Crippen LogP contribution < -0.4 is 15.8 Å². The molecule has 0 aromatic carbocycles. The minimum absolute atomic E-state index is 0.00260. The Bertz CT molecular complexity index is 1410. The van der Waals surface area contributed by atoms with E-state index in [2.05, 4.69) is 15.3 Å². The van der Waals surface area contributed by atoms with E-state index in [0.717, 1.165) is 10.8 Å². The van der Waals surface area contributed by atoms with Crippen molar-refractivity contribution in [1.29, 1.82) is 0 Å². The number of aryl methyl sites for hydroxylation is 1. The standard InChI is InChI=1S/C23H21ClF3N5O3/c1-10-5-14(11(2)28-15-3-4-16(24)29-18(15)22(34)35)19-30-20(31-8-12-6-13(12)9-31)17(23(25,26)27)21(33)32(19)7-10/h3-5,7,11-13,28H,6,8-9H2,1-2H3,(H,34,35)/t11-,12?,13?/m1/s1. The first-order valence-corrected chi connectivity index (χ1v) is 11.4. The van der Waals surface area contributed by atoms with E-state index in [4.69, 9.17) is 11.6 Å². The van der Waals surface area contributed by atoms with Gasteiger partial charge >= 0.3 is 12.1 Å². The van der Waals surface area contributed by atoms with Gasteiger partial charge in [-0.05, 0) is 55.9 Å². The van der Waals surface area contributed by atoms with Crippen molar-refractivity contribution in [1.82, 2.24) is 14.4 Å². The van der Waals surface area contributed by atoms with Crippen LogP contribution in [0.25, 0.3) is 5.65 Å². The number of halogens is 4. The smallest absolute Gasteiger partial charge is 0.425 e. The van der Waals surface area contributed by atoms with Gasteiger partial charge in [0.15, 0.2) is 11.3 Å². The Labute approximate surface area is 202 Å². The van der Waals surface area contributed by atoms with E-state index in [1.165, 1.54) is 18.3 Å². The molecule has 0 spiro atoms. The average Bonchev–Trinajstić information content (AvgIpc) is 3.38. The number of anilines is 2. The normalized spacial score (nSPS) is 20.1. The van der Waals surface area contributed by atoms with Crippen LogP contribution in [0.1, 0.15) is 46.6 Å². The summed E-state index contributed by atoms with van der Waals surface area (Å²) in [6.45, 7) is 4.22. The van der Waals surface area contributed by atoms with Gasteiger partial charge in [0.2, 0.25) is 0 Å². The predicted octanol–water partition coefficient (Wildman–Crippen LogP) is 4.40. The number of carboxylic acid groups (broad SMARTS) is 1. The summed E-state index contributed by atoms with van der Waals surface area (Å²) in [5.41, 5.74) is -1.54. The second kappa shape index (κ2) is 8.11. The van der Waals surface area contributed by atoms with Crippen LogP contribution in [0.2, 0.25) is 5.15 Å². The second-order valence-corrected chi connectivity index (χ2v) is 9.53. The zero-order valence-electron chi connectivity index (χ0n) is 18.7. The monoisotopic (exact) mass is 507 g/mol. The molecule has 12 heteroatoms. The summed E-state index contributed by atoms with van der Waals surface area (Å²) in [6, 6.07) is 3.96. The van der Waals surface area contributed by atoms with Crippen molar-refractivity contribution in [2.75, 3.05) is 23.3 Å². The third kappa shape index (κ3) is 4.18. The molecule has 35 heavy (non-hydrogen) atoms. The van der Waals surface area contributed by atoms with E-state index in [1.54, 1.807) is 24.8 Å². The van der Waals surface area contributed by atoms with E-state index in [9.17, 15) is 27.9 Å². The minimum atomic E-state index is -4.87. The Kier molecular flexibility index (Phi) is 5.42. The summed E-state index contributed by atoms with van der Waals surface area (Å²) in [7, 11) is 0. The lowest BCUT2D eigenvalue weighted by atomic mass is 10.1. The molecular formula is C23H21ClF3N5O3. The molecule has 1 saturated carbocycles. The van der Waals surface area contributed by atoms with Gasteiger partial charge in [0.25, 0.3) is 5.56 Å². The first-order chi connectivity index (χ1) is 16.4. The van der Waals surface area contributed by atoms with E-state index in [1.807, 2.05) is 0 Å². The fourth-order valence-electron chi connectivity index (χ4n) is 4.79. The molecule has 0 radical (unpaired) electrons. The summed E-state index contributed by atoms with van der Waals surface area (Å²) < 4.78 is 43.0. The maximum Gasteiger partial charge on any atom is 0.425 e. The molecule has 2 fully saturated rings. The molecule has 5 rings (SSSR count). The fraction of sp³-hybridized carbons (Fsp3) is 0.391. The molecule has 4 heterocycles. The van der Waals surface area contributed by atoms with Gasteiger partial charge in [0.05, 0.1) is 11.7 Å². The van der Waals surface area contributed by atoms with Crippen molar-refractivity contribution >= 4 is 34.7 Å². The number of nitrogens with zero attached hydrogens (tertiary/aromatic N) is 4. The van der Waals surface area contributed by atoms with Crippen LogP contribution in [-0.2, 0) is 6.18 Å². The number of nitrogens with one attached hydrogen (secondary N) is 1. The van der Waals surface area contributed by atoms with Gasteiger partial charge in [0.1, 0.15) is 16.6 Å². The zero-order valence-corrected chi connectivity index (χ0v) is 19.5. The third-order valence-electron chi connectivity index (χ3n) is 6.53. The minimum Gasteiger partial charge on any atom is -0.476 e. The van der Waals surface area contributed by atoms with Crippen LogP contribution in [0, 0.1) is 18.8 Å². The van der Waals surface area contributed by atoms with Crippen LogP contribution in [-0.4, -0.2) is 38.5 Å². The largest absolute Gasteiger partial charge is 0.476 e. The Hall–Kier alpha value is -3.34. The van der Waals surface area contributed by atoms with Gasteiger partial charge in [-0.1, -0.05) is 11.6 Å². The number of hydrogen-bond donors (Lipinski definition) is 2. The number of alkyl halides is 3. The van der Waals surface area contributed by atoms with Crippen molar-refractivity contribution in [3.8, 4) is 0 Å². The van der Waals surface area contributed by atoms with Crippen LogP contribution in [0.15, 0.2) is 29.2 Å². The van der Waals surface area contributed by atoms with Crippen molar-refractivity contribution < 1.29 is 23.1 Å². The number of carboxylic acids is 1. The van der Waals surface area contributed by atoms with E-state index < -0.39 is 29.3 Å². The molecular weight excluding hydrogens is 487 g/mol. The SMILES string of the molecule is Cc1cc([C@@H](C)Nc2ccc(Cl)nc2C(=O)O)c2nc(N3CC4CC4C3)c(C(F)(F)F)c(=O)n2c1. The number of hydrogen-bond acceptors (Lipinski definition) is 6. The van der Waals surface area contributed by atoms with Crippen LogP contribution in [0.3, 0.4) is 0 Å². The van der Waals surface area contributed by atoms with Crippen molar-refractivity contribution in [3.05, 3.63) is 62.3 Å². The highest BCUT2D eigenvalue weighted by molar-refractivity contribution is 6.29. The molecule has 2 unspecified atom stereocenters. The van der Waals surface area contributed by atoms with Gasteiger partial charge in [0, 0.05) is 24.8 Å². The highest BCUT2D eigenvalue weighted by Crippen LogP contribution is 2.47. The quantitative estimate of drug-likeness (QED) is 0.494. The zero-order chi connectivity index (χ0) is 25.2. The summed E-state index contributed by atoms with van der Waals surface area (Å²) in [5.74, 6) is -0.982. The number of aromatic nitrogens is 3. The molecule has 0 amide bonds. The number of carbonyl (C=O) groups is 1. The highest BCUT2D eigenvalue weighted by Gasteiger charge is 2.48. The fourth-order valence-corrected chi connectivity index (χ4v) is 4.94. The van der Waals surface area contributed by atoms with Gasteiger partial charge in [-0.15, -0.1) is 0 Å². The van der Waals surface area contributed by atoms with E-state index in [0.29, 0.717) is 36.1 Å². The Balaban J connectivity index is 1.66. The first kappa shape index (κ1) is 23.4.